The van der Waals surface area contributed by atoms with Crippen molar-refractivity contribution < 1.29 is 9.90 Å². The zero-order valence-corrected chi connectivity index (χ0v) is 12.3. The number of ketones is 1. The van der Waals surface area contributed by atoms with Crippen molar-refractivity contribution in [3.63, 3.8) is 0 Å². The lowest BCUT2D eigenvalue weighted by molar-refractivity contribution is -0.111. The average Bonchev–Trinajstić information content (AvgIpc) is 2.73. The number of carbonyl (C=O) groups is 1. The molecule has 1 rings (SSSR count). The number of aliphatic hydroxyl groups excluding tert-OH is 1. The van der Waals surface area contributed by atoms with Gasteiger partial charge in [0.1, 0.15) is 5.76 Å². The van der Waals surface area contributed by atoms with E-state index in [2.05, 4.69) is 20.1 Å². The van der Waals surface area contributed by atoms with Gasteiger partial charge in [0.2, 0.25) is 0 Å². The van der Waals surface area contributed by atoms with E-state index in [1.165, 1.54) is 23.9 Å². The molecule has 0 aromatic heterocycles. The molecule has 0 aromatic carbocycles. The van der Waals surface area contributed by atoms with E-state index in [1.54, 1.807) is 0 Å². The van der Waals surface area contributed by atoms with Crippen molar-refractivity contribution in [2.45, 2.75) is 13.3 Å². The van der Waals surface area contributed by atoms with E-state index in [0.717, 1.165) is 18.0 Å². The Labute approximate surface area is 122 Å². The average molecular weight is 298 g/mol. The first kappa shape index (κ1) is 15.7. The number of allylic oxidation sites excluding steroid dienone is 4. The Bertz CT molecular complexity index is 492. The minimum absolute atomic E-state index is 0.0523. The van der Waals surface area contributed by atoms with Crippen LogP contribution in [0.1, 0.15) is 13.3 Å². The van der Waals surface area contributed by atoms with Crippen LogP contribution in [0.5, 0.6) is 0 Å². The summed E-state index contributed by atoms with van der Waals surface area (Å²) in [6.07, 6.45) is 5.67. The summed E-state index contributed by atoms with van der Waals surface area (Å²) in [6.45, 7) is 9.73. The maximum atomic E-state index is 12.1. The van der Waals surface area contributed by atoms with Gasteiger partial charge in [0.25, 0.3) is 0 Å². The van der Waals surface area contributed by atoms with Gasteiger partial charge in [0.05, 0.1) is 10.6 Å². The third-order valence-electron chi connectivity index (χ3n) is 2.31. The third-order valence-corrected chi connectivity index (χ3v) is 3.27. The molecule has 0 fully saturated rings. The Kier molecular flexibility index (Phi) is 5.99. The van der Waals surface area contributed by atoms with E-state index in [1.807, 2.05) is 16.5 Å². The molecule has 0 spiro atoms. The van der Waals surface area contributed by atoms with Crippen molar-refractivity contribution in [2.75, 3.05) is 6.54 Å². The van der Waals surface area contributed by atoms with Crippen molar-refractivity contribution in [1.82, 2.24) is 4.90 Å². The predicted octanol–water partition coefficient (Wildman–Crippen LogP) is 4.08. The smallest absolute Gasteiger partial charge is 0.192 e. The summed E-state index contributed by atoms with van der Waals surface area (Å²) in [5.74, 6) is -0.664. The van der Waals surface area contributed by atoms with Crippen LogP contribution in [0.3, 0.4) is 0 Å². The van der Waals surface area contributed by atoms with Crippen LogP contribution in [0, 0.1) is 0 Å². The number of halogens is 1. The summed E-state index contributed by atoms with van der Waals surface area (Å²) in [5, 5.41) is 12.3. The van der Waals surface area contributed by atoms with Crippen LogP contribution in [0.25, 0.3) is 0 Å². The van der Waals surface area contributed by atoms with Crippen LogP contribution in [-0.4, -0.2) is 22.3 Å². The normalized spacial score (nSPS) is 17.1. The van der Waals surface area contributed by atoms with E-state index >= 15 is 0 Å². The van der Waals surface area contributed by atoms with Crippen molar-refractivity contribution >= 4 is 29.1 Å². The molecule has 1 aliphatic heterocycles. The number of thioether (sulfide) groups is 1. The highest BCUT2D eigenvalue weighted by atomic mass is 35.5. The third kappa shape index (κ3) is 4.65. The highest BCUT2D eigenvalue weighted by Crippen LogP contribution is 2.29. The Morgan fingerprint density at radius 3 is 2.79 bits per heavy atom. The van der Waals surface area contributed by atoms with Gasteiger partial charge in [-0.25, -0.2) is 0 Å². The summed E-state index contributed by atoms with van der Waals surface area (Å²) in [6, 6.07) is 0. The maximum absolute atomic E-state index is 12.1. The molecule has 0 saturated carbocycles. The van der Waals surface area contributed by atoms with E-state index in [0.29, 0.717) is 0 Å². The van der Waals surface area contributed by atoms with Gasteiger partial charge >= 0.3 is 0 Å². The lowest BCUT2D eigenvalue weighted by Gasteiger charge is -2.16. The summed E-state index contributed by atoms with van der Waals surface area (Å²) in [7, 11) is 0. The van der Waals surface area contributed by atoms with Crippen molar-refractivity contribution in [1.29, 1.82) is 0 Å². The van der Waals surface area contributed by atoms with Gasteiger partial charge in [-0.1, -0.05) is 43.4 Å². The zero-order valence-electron chi connectivity index (χ0n) is 10.7. The molecule has 0 radical (unpaired) electrons. The van der Waals surface area contributed by atoms with Crippen molar-refractivity contribution in [3.8, 4) is 0 Å². The Balaban J connectivity index is 2.93. The standard InChI is InChI=1S/C14H16ClNO2S/c1-4-5-16-6-7-19-14(16)9-13(18)12(11(3)17)8-10(2)15/h6-9,17H,2-5H2,1H3/b12-8+,14-9-. The van der Waals surface area contributed by atoms with Gasteiger partial charge in [-0.05, 0) is 17.9 Å². The number of aliphatic hydroxyl groups is 1. The SMILES string of the molecule is C=C(Cl)/C=C(\C(=C)O)C(=O)/C=C1\SC=CN1CCC. The highest BCUT2D eigenvalue weighted by molar-refractivity contribution is 8.06. The molecule has 0 saturated heterocycles. The van der Waals surface area contributed by atoms with Gasteiger partial charge in [0.15, 0.2) is 5.78 Å². The van der Waals surface area contributed by atoms with E-state index < -0.39 is 0 Å². The molecule has 19 heavy (non-hydrogen) atoms. The summed E-state index contributed by atoms with van der Waals surface area (Å²) in [5.41, 5.74) is 0.0523. The van der Waals surface area contributed by atoms with Crippen molar-refractivity contribution in [2.24, 2.45) is 0 Å². The number of rotatable bonds is 6. The molecule has 102 valence electrons. The van der Waals surface area contributed by atoms with Crippen LogP contribution in [0.15, 0.2) is 58.3 Å². The quantitative estimate of drug-likeness (QED) is 0.456. The lowest BCUT2D eigenvalue weighted by Crippen LogP contribution is -2.14. The molecule has 0 bridgehead atoms. The Morgan fingerprint density at radius 2 is 2.26 bits per heavy atom. The Morgan fingerprint density at radius 1 is 1.58 bits per heavy atom. The fourth-order valence-corrected chi connectivity index (χ4v) is 2.42. The van der Waals surface area contributed by atoms with E-state index in [9.17, 15) is 9.90 Å². The van der Waals surface area contributed by atoms with Gasteiger partial charge in [-0.15, -0.1) is 0 Å². The van der Waals surface area contributed by atoms with Crippen LogP contribution in [-0.2, 0) is 4.79 Å². The first-order valence-electron chi connectivity index (χ1n) is 5.76. The van der Waals surface area contributed by atoms with Gasteiger partial charge < -0.3 is 10.0 Å². The minimum atomic E-state index is -0.346. The lowest BCUT2D eigenvalue weighted by atomic mass is 10.1. The van der Waals surface area contributed by atoms with E-state index in [4.69, 9.17) is 11.6 Å². The second-order valence-corrected chi connectivity index (χ2v) is 5.31. The second kappa shape index (κ2) is 7.26. The predicted molar refractivity (Wildman–Crippen MR) is 81.7 cm³/mol. The fourth-order valence-electron chi connectivity index (χ4n) is 1.50. The molecule has 0 amide bonds. The molecule has 0 aromatic rings. The number of nitrogens with zero attached hydrogens (tertiary/aromatic N) is 1. The van der Waals surface area contributed by atoms with Crippen LogP contribution in [0.4, 0.5) is 0 Å². The van der Waals surface area contributed by atoms with E-state index in [-0.39, 0.29) is 22.1 Å². The fraction of sp³-hybridized carbons (Fsp3) is 0.214. The summed E-state index contributed by atoms with van der Waals surface area (Å²) >= 11 is 7.09. The molecule has 0 atom stereocenters. The number of hydrogen-bond acceptors (Lipinski definition) is 4. The first-order valence-corrected chi connectivity index (χ1v) is 7.01. The summed E-state index contributed by atoms with van der Waals surface area (Å²) < 4.78 is 0. The number of hydrogen-bond donors (Lipinski definition) is 1. The molecule has 1 heterocycles. The van der Waals surface area contributed by atoms with Crippen LogP contribution >= 0.6 is 23.4 Å². The molecule has 1 N–H and O–H groups in total. The molecule has 3 nitrogen and oxygen atoms in total. The largest absolute Gasteiger partial charge is 0.508 e. The highest BCUT2D eigenvalue weighted by Gasteiger charge is 2.16. The van der Waals surface area contributed by atoms with Gasteiger partial charge in [-0.2, -0.15) is 0 Å². The van der Waals surface area contributed by atoms with Gasteiger partial charge in [0, 0.05) is 23.9 Å². The van der Waals surface area contributed by atoms with Crippen molar-refractivity contribution in [3.05, 3.63) is 58.3 Å². The zero-order chi connectivity index (χ0) is 14.4. The molecular weight excluding hydrogens is 282 g/mol. The van der Waals surface area contributed by atoms with Gasteiger partial charge in [-0.3, -0.25) is 4.79 Å². The molecule has 0 unspecified atom stereocenters. The van der Waals surface area contributed by atoms with Crippen LogP contribution in [0.2, 0.25) is 0 Å². The molecule has 1 aliphatic rings. The maximum Gasteiger partial charge on any atom is 0.192 e. The Hall–Kier alpha value is -1.39. The summed E-state index contributed by atoms with van der Waals surface area (Å²) in [4.78, 5) is 14.1. The monoisotopic (exact) mass is 297 g/mol. The molecule has 0 aliphatic carbocycles. The number of carbonyl (C=O) groups excluding carboxylic acids is 1. The van der Waals surface area contributed by atoms with Crippen LogP contribution < -0.4 is 0 Å². The minimum Gasteiger partial charge on any atom is -0.508 e. The topological polar surface area (TPSA) is 40.5 Å². The molecule has 5 heteroatoms. The second-order valence-electron chi connectivity index (χ2n) is 3.89. The molecular formula is C14H16ClNO2S. The first-order chi connectivity index (χ1) is 8.95.